The molecule has 7 heteroatoms. The number of anilines is 1. The molecule has 2 rings (SSSR count). The van der Waals surface area contributed by atoms with E-state index in [4.69, 9.17) is 10.2 Å². The van der Waals surface area contributed by atoms with Crippen LogP contribution in [0.4, 0.5) is 10.1 Å². The summed E-state index contributed by atoms with van der Waals surface area (Å²) in [6.45, 7) is 4.81. The van der Waals surface area contributed by atoms with E-state index in [1.807, 2.05) is 0 Å². The third-order valence-corrected chi connectivity index (χ3v) is 4.80. The summed E-state index contributed by atoms with van der Waals surface area (Å²) < 4.78 is 46.2. The minimum atomic E-state index is -3.90. The first kappa shape index (κ1) is 15.5. The Hall–Kier alpha value is -1.86. The van der Waals surface area contributed by atoms with Crippen LogP contribution in [0.15, 0.2) is 33.6 Å². The Bertz CT molecular complexity index is 769. The van der Waals surface area contributed by atoms with E-state index in [9.17, 15) is 12.8 Å². The Kier molecular flexibility index (Phi) is 4.06. The Labute approximate surface area is 123 Å². The number of nitrogen functional groups attached to an aromatic ring is 1. The van der Waals surface area contributed by atoms with Gasteiger partial charge in [0.2, 0.25) is 10.0 Å². The van der Waals surface area contributed by atoms with Gasteiger partial charge in [0, 0.05) is 11.3 Å². The van der Waals surface area contributed by atoms with Crippen LogP contribution in [0.2, 0.25) is 0 Å². The third kappa shape index (κ3) is 3.25. The normalized spacial score (nSPS) is 13.3. The van der Waals surface area contributed by atoms with E-state index in [0.29, 0.717) is 11.5 Å². The number of hydrogen-bond acceptors (Lipinski definition) is 4. The van der Waals surface area contributed by atoms with Gasteiger partial charge in [-0.3, -0.25) is 0 Å². The maximum absolute atomic E-state index is 13.6. The molecular weight excluding hydrogens is 295 g/mol. The van der Waals surface area contributed by atoms with Gasteiger partial charge in [0.25, 0.3) is 0 Å². The number of sulfonamides is 1. The first-order valence-electron chi connectivity index (χ1n) is 6.35. The summed E-state index contributed by atoms with van der Waals surface area (Å²) in [7, 11) is -3.90. The summed E-state index contributed by atoms with van der Waals surface area (Å²) in [5.41, 5.74) is 5.60. The van der Waals surface area contributed by atoms with Crippen molar-refractivity contribution in [2.24, 2.45) is 0 Å². The molecule has 0 radical (unpaired) electrons. The Morgan fingerprint density at radius 1 is 1.29 bits per heavy atom. The molecule has 21 heavy (non-hydrogen) atoms. The molecular formula is C14H17FN2O3S. The van der Waals surface area contributed by atoms with Crippen LogP contribution < -0.4 is 10.5 Å². The van der Waals surface area contributed by atoms with Crippen LogP contribution in [0.1, 0.15) is 30.0 Å². The second kappa shape index (κ2) is 5.50. The fourth-order valence-corrected chi connectivity index (χ4v) is 3.49. The Morgan fingerprint density at radius 2 is 1.95 bits per heavy atom. The highest BCUT2D eigenvalue weighted by Gasteiger charge is 2.23. The van der Waals surface area contributed by atoms with Crippen molar-refractivity contribution in [3.05, 3.63) is 47.2 Å². The van der Waals surface area contributed by atoms with E-state index in [2.05, 4.69) is 4.72 Å². The topological polar surface area (TPSA) is 85.3 Å². The van der Waals surface area contributed by atoms with Gasteiger partial charge in [0.15, 0.2) is 0 Å². The maximum atomic E-state index is 13.6. The van der Waals surface area contributed by atoms with Gasteiger partial charge in [-0.1, -0.05) is 0 Å². The van der Waals surface area contributed by atoms with Gasteiger partial charge in [-0.05, 0) is 45.0 Å². The number of rotatable bonds is 4. The molecule has 1 aromatic heterocycles. The van der Waals surface area contributed by atoms with E-state index in [1.165, 1.54) is 13.0 Å². The second-order valence-corrected chi connectivity index (χ2v) is 6.60. The monoisotopic (exact) mass is 312 g/mol. The molecule has 3 N–H and O–H groups in total. The molecule has 0 fully saturated rings. The van der Waals surface area contributed by atoms with E-state index < -0.39 is 21.9 Å². The number of nitrogens with one attached hydrogen (secondary N) is 1. The third-order valence-electron chi connectivity index (χ3n) is 3.13. The lowest BCUT2D eigenvalue weighted by Crippen LogP contribution is -2.27. The highest BCUT2D eigenvalue weighted by Crippen LogP contribution is 2.24. The number of nitrogens with two attached hydrogens (primary N) is 1. The van der Waals surface area contributed by atoms with Crippen LogP contribution in [0.5, 0.6) is 0 Å². The molecule has 2 aromatic rings. The molecule has 0 aliphatic carbocycles. The van der Waals surface area contributed by atoms with Gasteiger partial charge in [-0.15, -0.1) is 0 Å². The van der Waals surface area contributed by atoms with E-state index in [-0.39, 0.29) is 16.1 Å². The van der Waals surface area contributed by atoms with Crippen LogP contribution in [0.25, 0.3) is 0 Å². The summed E-state index contributed by atoms with van der Waals surface area (Å²) in [6.07, 6.45) is 0. The maximum Gasteiger partial charge on any atom is 0.241 e. The van der Waals surface area contributed by atoms with Crippen LogP contribution in [0.3, 0.4) is 0 Å². The number of benzene rings is 1. The van der Waals surface area contributed by atoms with Gasteiger partial charge in [0.1, 0.15) is 17.3 Å². The molecule has 0 aliphatic rings. The fraction of sp³-hybridized carbons (Fsp3) is 0.286. The summed E-state index contributed by atoms with van der Waals surface area (Å²) in [5.74, 6) is 0.511. The standard InChI is InChI=1S/C14H17FN2O3S/c1-8-4-5-13(20-8)10(3)17-21(18,19)14-7-11(16)6-12(15)9(14)2/h4-7,10,17H,16H2,1-3H3. The predicted octanol–water partition coefficient (Wildman–Crippen LogP) is 2.66. The highest BCUT2D eigenvalue weighted by atomic mass is 32.2. The molecule has 1 aromatic carbocycles. The van der Waals surface area contributed by atoms with E-state index >= 15 is 0 Å². The second-order valence-electron chi connectivity index (χ2n) is 4.92. The molecule has 0 saturated heterocycles. The summed E-state index contributed by atoms with van der Waals surface area (Å²) in [4.78, 5) is -0.171. The van der Waals surface area contributed by atoms with Gasteiger partial charge >= 0.3 is 0 Å². The first-order chi connectivity index (χ1) is 9.70. The van der Waals surface area contributed by atoms with Crippen LogP contribution in [0, 0.1) is 19.7 Å². The lowest BCUT2D eigenvalue weighted by molar-refractivity contribution is 0.441. The summed E-state index contributed by atoms with van der Waals surface area (Å²) >= 11 is 0. The Balaban J connectivity index is 2.35. The minimum absolute atomic E-state index is 0.0273. The number of aryl methyl sites for hydroxylation is 1. The molecule has 1 atom stereocenters. The van der Waals surface area contributed by atoms with Crippen molar-refractivity contribution in [2.45, 2.75) is 31.7 Å². The van der Waals surface area contributed by atoms with Crippen LogP contribution in [-0.2, 0) is 10.0 Å². The average molecular weight is 312 g/mol. The van der Waals surface area contributed by atoms with E-state index in [1.54, 1.807) is 26.0 Å². The molecule has 0 saturated carbocycles. The molecule has 0 bridgehead atoms. The smallest absolute Gasteiger partial charge is 0.241 e. The molecule has 1 unspecified atom stereocenters. The zero-order valence-corrected chi connectivity index (χ0v) is 12.8. The summed E-state index contributed by atoms with van der Waals surface area (Å²) in [5, 5.41) is 0. The SMILES string of the molecule is Cc1ccc(C(C)NS(=O)(=O)c2cc(N)cc(F)c2C)o1. The van der Waals surface area contributed by atoms with Crippen molar-refractivity contribution in [1.82, 2.24) is 4.72 Å². The zero-order chi connectivity index (χ0) is 15.8. The molecule has 0 aliphatic heterocycles. The van der Waals surface area contributed by atoms with Crippen molar-refractivity contribution in [2.75, 3.05) is 5.73 Å². The van der Waals surface area contributed by atoms with Crippen molar-refractivity contribution >= 4 is 15.7 Å². The van der Waals surface area contributed by atoms with Crippen molar-refractivity contribution in [3.63, 3.8) is 0 Å². The van der Waals surface area contributed by atoms with Gasteiger partial charge < -0.3 is 10.2 Å². The highest BCUT2D eigenvalue weighted by molar-refractivity contribution is 7.89. The quantitative estimate of drug-likeness (QED) is 0.850. The number of furan rings is 1. The van der Waals surface area contributed by atoms with Crippen molar-refractivity contribution in [3.8, 4) is 0 Å². The lowest BCUT2D eigenvalue weighted by atomic mass is 10.2. The Morgan fingerprint density at radius 3 is 2.52 bits per heavy atom. The van der Waals surface area contributed by atoms with Gasteiger partial charge in [-0.25, -0.2) is 17.5 Å². The fourth-order valence-electron chi connectivity index (χ4n) is 1.99. The predicted molar refractivity (Wildman–Crippen MR) is 77.7 cm³/mol. The lowest BCUT2D eigenvalue weighted by Gasteiger charge is -2.14. The van der Waals surface area contributed by atoms with Crippen LogP contribution in [-0.4, -0.2) is 8.42 Å². The molecule has 0 amide bonds. The zero-order valence-electron chi connectivity index (χ0n) is 12.0. The first-order valence-corrected chi connectivity index (χ1v) is 7.83. The molecule has 1 heterocycles. The van der Waals surface area contributed by atoms with Gasteiger partial charge in [-0.2, -0.15) is 0 Å². The number of halogens is 1. The largest absolute Gasteiger partial charge is 0.465 e. The van der Waals surface area contributed by atoms with Crippen molar-refractivity contribution in [1.29, 1.82) is 0 Å². The number of hydrogen-bond donors (Lipinski definition) is 2. The van der Waals surface area contributed by atoms with Crippen LogP contribution >= 0.6 is 0 Å². The minimum Gasteiger partial charge on any atom is -0.465 e. The molecule has 5 nitrogen and oxygen atoms in total. The molecule has 114 valence electrons. The van der Waals surface area contributed by atoms with Gasteiger partial charge in [0.05, 0.1) is 10.9 Å². The summed E-state index contributed by atoms with van der Waals surface area (Å²) in [6, 6.07) is 5.18. The average Bonchev–Trinajstić information content (AvgIpc) is 2.80. The van der Waals surface area contributed by atoms with Crippen molar-refractivity contribution < 1.29 is 17.2 Å². The van der Waals surface area contributed by atoms with E-state index in [0.717, 1.165) is 6.07 Å². The molecule has 0 spiro atoms.